The van der Waals surface area contributed by atoms with Crippen LogP contribution in [0, 0.1) is 11.2 Å². The Kier molecular flexibility index (Phi) is 4.14. The van der Waals surface area contributed by atoms with E-state index in [4.69, 9.17) is 0 Å². The fraction of sp³-hybridized carbons (Fsp3) is 0.368. The number of rotatable bonds is 3. The van der Waals surface area contributed by atoms with Gasteiger partial charge in [-0.25, -0.2) is 9.37 Å². The number of hydrogen-bond donors (Lipinski definition) is 0. The maximum atomic E-state index is 13.4. The van der Waals surface area contributed by atoms with Crippen molar-refractivity contribution in [2.24, 2.45) is 5.41 Å². The average Bonchev–Trinajstić information content (AvgIpc) is 3.22. The zero-order chi connectivity index (χ0) is 18.1. The van der Waals surface area contributed by atoms with E-state index in [0.717, 1.165) is 5.56 Å². The van der Waals surface area contributed by atoms with Crippen LogP contribution in [0.5, 0.6) is 0 Å². The number of hydrogen-bond acceptors (Lipinski definition) is 4. The topological polar surface area (TPSA) is 66.4 Å². The van der Waals surface area contributed by atoms with Crippen LogP contribution >= 0.6 is 0 Å². The van der Waals surface area contributed by atoms with E-state index < -0.39 is 5.41 Å². The van der Waals surface area contributed by atoms with Crippen molar-refractivity contribution < 1.29 is 14.0 Å². The summed E-state index contributed by atoms with van der Waals surface area (Å²) in [6.07, 6.45) is 5.82. The summed E-state index contributed by atoms with van der Waals surface area (Å²) >= 11 is 0. The predicted octanol–water partition coefficient (Wildman–Crippen LogP) is 1.88. The molecule has 1 spiro atoms. The van der Waals surface area contributed by atoms with E-state index in [9.17, 15) is 14.0 Å². The molecule has 0 radical (unpaired) electrons. The molecule has 2 aliphatic rings. The van der Waals surface area contributed by atoms with Gasteiger partial charge in [0.25, 0.3) is 5.91 Å². The second kappa shape index (κ2) is 6.48. The zero-order valence-corrected chi connectivity index (χ0v) is 14.3. The van der Waals surface area contributed by atoms with Gasteiger partial charge < -0.3 is 9.80 Å². The second-order valence-electron chi connectivity index (χ2n) is 6.95. The maximum absolute atomic E-state index is 13.4. The smallest absolute Gasteiger partial charge is 0.274 e. The molecule has 2 saturated heterocycles. The van der Waals surface area contributed by atoms with Gasteiger partial charge in [-0.1, -0.05) is 12.1 Å². The molecule has 0 aliphatic carbocycles. The van der Waals surface area contributed by atoms with Crippen molar-refractivity contribution in [1.82, 2.24) is 19.8 Å². The molecule has 0 unspecified atom stereocenters. The van der Waals surface area contributed by atoms with Gasteiger partial charge in [-0.2, -0.15) is 0 Å². The van der Waals surface area contributed by atoms with Gasteiger partial charge in [0.15, 0.2) is 0 Å². The molecule has 2 aromatic rings. The first-order valence-corrected chi connectivity index (χ1v) is 8.67. The third-order valence-corrected chi connectivity index (χ3v) is 5.29. The Morgan fingerprint density at radius 1 is 1.23 bits per heavy atom. The minimum atomic E-state index is -0.523. The molecule has 4 rings (SSSR count). The van der Waals surface area contributed by atoms with Gasteiger partial charge in [0, 0.05) is 38.6 Å². The number of amides is 2. The van der Waals surface area contributed by atoms with Crippen LogP contribution in [-0.4, -0.2) is 51.2 Å². The van der Waals surface area contributed by atoms with Gasteiger partial charge in [0.05, 0.1) is 11.6 Å². The van der Waals surface area contributed by atoms with Crippen LogP contribution < -0.4 is 0 Å². The fourth-order valence-corrected chi connectivity index (χ4v) is 3.90. The first-order valence-electron chi connectivity index (χ1n) is 8.67. The largest absolute Gasteiger partial charge is 0.338 e. The predicted molar refractivity (Wildman–Crippen MR) is 91.4 cm³/mol. The van der Waals surface area contributed by atoms with Gasteiger partial charge in [-0.15, -0.1) is 0 Å². The first-order chi connectivity index (χ1) is 12.6. The van der Waals surface area contributed by atoms with E-state index in [1.807, 2.05) is 6.07 Å². The SMILES string of the molecule is O=C(c1cnccn1)N1CC[C@]2(CCN(Cc3cccc(F)c3)C2=O)C1. The Bertz CT molecular complexity index is 844. The zero-order valence-electron chi connectivity index (χ0n) is 14.3. The summed E-state index contributed by atoms with van der Waals surface area (Å²) < 4.78 is 13.4. The summed E-state index contributed by atoms with van der Waals surface area (Å²) in [6, 6.07) is 6.32. The highest BCUT2D eigenvalue weighted by Crippen LogP contribution is 2.41. The standard InChI is InChI=1S/C19H19FN4O2/c20-15-3-1-2-14(10-15)12-23-8-4-19(18(23)26)5-9-24(13-19)17(25)16-11-21-6-7-22-16/h1-3,6-7,10-11H,4-5,8-9,12-13H2/t19-/m1/s1. The Balaban J connectivity index is 1.45. The number of carbonyl (C=O) groups excluding carboxylic acids is 2. The Morgan fingerprint density at radius 3 is 2.85 bits per heavy atom. The molecular formula is C19H19FN4O2. The van der Waals surface area contributed by atoms with Crippen molar-refractivity contribution in [2.75, 3.05) is 19.6 Å². The molecule has 0 N–H and O–H groups in total. The van der Waals surface area contributed by atoms with Crippen molar-refractivity contribution in [3.8, 4) is 0 Å². The number of likely N-dealkylation sites (tertiary alicyclic amines) is 2. The van der Waals surface area contributed by atoms with Gasteiger partial charge in [-0.05, 0) is 30.5 Å². The molecule has 7 heteroatoms. The molecule has 134 valence electrons. The van der Waals surface area contributed by atoms with E-state index in [1.54, 1.807) is 15.9 Å². The van der Waals surface area contributed by atoms with Crippen molar-refractivity contribution in [3.63, 3.8) is 0 Å². The number of halogens is 1. The van der Waals surface area contributed by atoms with Gasteiger partial charge in [0.2, 0.25) is 5.91 Å². The summed E-state index contributed by atoms with van der Waals surface area (Å²) in [7, 11) is 0. The molecule has 0 bridgehead atoms. The Hall–Kier alpha value is -2.83. The highest BCUT2D eigenvalue weighted by atomic mass is 19.1. The highest BCUT2D eigenvalue weighted by molar-refractivity contribution is 5.93. The molecule has 1 aromatic heterocycles. The van der Waals surface area contributed by atoms with Crippen LogP contribution in [0.25, 0.3) is 0 Å². The molecule has 6 nitrogen and oxygen atoms in total. The highest BCUT2D eigenvalue weighted by Gasteiger charge is 2.51. The van der Waals surface area contributed by atoms with Crippen molar-refractivity contribution >= 4 is 11.8 Å². The third kappa shape index (κ3) is 2.94. The van der Waals surface area contributed by atoms with Crippen molar-refractivity contribution in [2.45, 2.75) is 19.4 Å². The summed E-state index contributed by atoms with van der Waals surface area (Å²) in [6.45, 7) is 1.97. The summed E-state index contributed by atoms with van der Waals surface area (Å²) in [5.41, 5.74) is 0.554. The summed E-state index contributed by atoms with van der Waals surface area (Å²) in [5.74, 6) is -0.437. The van der Waals surface area contributed by atoms with Crippen molar-refractivity contribution in [3.05, 3.63) is 59.9 Å². The lowest BCUT2D eigenvalue weighted by Crippen LogP contribution is -2.38. The summed E-state index contributed by atoms with van der Waals surface area (Å²) in [4.78, 5) is 37.0. The number of aromatic nitrogens is 2. The lowest BCUT2D eigenvalue weighted by atomic mass is 9.85. The summed E-state index contributed by atoms with van der Waals surface area (Å²) in [5, 5.41) is 0. The van der Waals surface area contributed by atoms with E-state index >= 15 is 0 Å². The minimum absolute atomic E-state index is 0.0520. The average molecular weight is 354 g/mol. The number of carbonyl (C=O) groups is 2. The van der Waals surface area contributed by atoms with E-state index in [0.29, 0.717) is 44.7 Å². The molecule has 26 heavy (non-hydrogen) atoms. The molecule has 0 saturated carbocycles. The third-order valence-electron chi connectivity index (χ3n) is 5.29. The quantitative estimate of drug-likeness (QED) is 0.844. The molecule has 1 aromatic carbocycles. The lowest BCUT2D eigenvalue weighted by Gasteiger charge is -2.23. The monoisotopic (exact) mass is 354 g/mol. The normalized spacial score (nSPS) is 22.4. The van der Waals surface area contributed by atoms with Gasteiger partial charge in [0.1, 0.15) is 11.5 Å². The van der Waals surface area contributed by atoms with E-state index in [-0.39, 0.29) is 17.6 Å². The van der Waals surface area contributed by atoms with Gasteiger partial charge >= 0.3 is 0 Å². The molecule has 2 fully saturated rings. The Labute approximate surface area is 150 Å². The molecule has 3 heterocycles. The van der Waals surface area contributed by atoms with Crippen LogP contribution in [0.3, 0.4) is 0 Å². The number of nitrogens with zero attached hydrogens (tertiary/aromatic N) is 4. The number of benzene rings is 1. The van der Waals surface area contributed by atoms with Crippen molar-refractivity contribution in [1.29, 1.82) is 0 Å². The van der Waals surface area contributed by atoms with Crippen LogP contribution in [-0.2, 0) is 11.3 Å². The van der Waals surface area contributed by atoms with E-state index in [2.05, 4.69) is 9.97 Å². The molecule has 2 amide bonds. The molecule has 2 aliphatic heterocycles. The second-order valence-corrected chi connectivity index (χ2v) is 6.95. The van der Waals surface area contributed by atoms with Gasteiger partial charge in [-0.3, -0.25) is 14.6 Å². The molecular weight excluding hydrogens is 335 g/mol. The first kappa shape index (κ1) is 16.6. The van der Waals surface area contributed by atoms with Crippen LogP contribution in [0.1, 0.15) is 28.9 Å². The van der Waals surface area contributed by atoms with Crippen LogP contribution in [0.15, 0.2) is 42.9 Å². The maximum Gasteiger partial charge on any atom is 0.274 e. The van der Waals surface area contributed by atoms with Crippen LogP contribution in [0.2, 0.25) is 0 Å². The molecule has 1 atom stereocenters. The Morgan fingerprint density at radius 2 is 2.08 bits per heavy atom. The fourth-order valence-electron chi connectivity index (χ4n) is 3.90. The minimum Gasteiger partial charge on any atom is -0.338 e. The van der Waals surface area contributed by atoms with Crippen LogP contribution in [0.4, 0.5) is 4.39 Å². The van der Waals surface area contributed by atoms with E-state index in [1.165, 1.54) is 30.7 Å². The lowest BCUT2D eigenvalue weighted by molar-refractivity contribution is -0.135.